The number of halogens is 1. The molecule has 0 heterocycles. The molecule has 0 bridgehead atoms. The van der Waals surface area contributed by atoms with Crippen molar-refractivity contribution in [3.05, 3.63) is 22.7 Å². The first kappa shape index (κ1) is 12.0. The van der Waals surface area contributed by atoms with Gasteiger partial charge in [0.15, 0.2) is 0 Å². The lowest BCUT2D eigenvalue weighted by Crippen LogP contribution is -2.25. The SMILES string of the molecule is COc1cc(N)c(Cl)cc1C(=O)OC1CCC1. The van der Waals surface area contributed by atoms with Crippen molar-refractivity contribution in [3.8, 4) is 5.75 Å². The molecule has 0 aliphatic heterocycles. The van der Waals surface area contributed by atoms with Gasteiger partial charge >= 0.3 is 5.97 Å². The van der Waals surface area contributed by atoms with Gasteiger partial charge in [-0.2, -0.15) is 0 Å². The number of carbonyl (C=O) groups is 1. The average Bonchev–Trinajstić information content (AvgIpc) is 2.26. The van der Waals surface area contributed by atoms with Gasteiger partial charge < -0.3 is 15.2 Å². The Morgan fingerprint density at radius 3 is 2.71 bits per heavy atom. The fraction of sp³-hybridized carbons (Fsp3) is 0.417. The maximum Gasteiger partial charge on any atom is 0.342 e. The van der Waals surface area contributed by atoms with Crippen LogP contribution in [-0.2, 0) is 4.74 Å². The minimum absolute atomic E-state index is 0.0311. The smallest absolute Gasteiger partial charge is 0.342 e. The number of methoxy groups -OCH3 is 1. The molecule has 0 unspecified atom stereocenters. The molecule has 1 aromatic rings. The summed E-state index contributed by atoms with van der Waals surface area (Å²) in [5, 5.41) is 0.325. The molecule has 5 heteroatoms. The van der Waals surface area contributed by atoms with Gasteiger partial charge in [-0.3, -0.25) is 0 Å². The molecule has 0 aromatic heterocycles. The molecule has 1 aliphatic carbocycles. The van der Waals surface area contributed by atoms with Gasteiger partial charge in [0.1, 0.15) is 17.4 Å². The highest BCUT2D eigenvalue weighted by molar-refractivity contribution is 6.33. The topological polar surface area (TPSA) is 61.5 Å². The monoisotopic (exact) mass is 255 g/mol. The summed E-state index contributed by atoms with van der Waals surface area (Å²) in [5.41, 5.74) is 6.34. The summed E-state index contributed by atoms with van der Waals surface area (Å²) in [5.74, 6) is -0.0235. The van der Waals surface area contributed by atoms with Gasteiger partial charge in [-0.15, -0.1) is 0 Å². The molecule has 0 atom stereocenters. The third-order valence-corrected chi connectivity index (χ3v) is 3.19. The van der Waals surface area contributed by atoms with E-state index in [2.05, 4.69) is 0 Å². The van der Waals surface area contributed by atoms with Gasteiger partial charge in [0.05, 0.1) is 17.8 Å². The normalized spacial score (nSPS) is 15.2. The lowest BCUT2D eigenvalue weighted by atomic mass is 9.96. The summed E-state index contributed by atoms with van der Waals surface area (Å²) in [6.07, 6.45) is 2.99. The van der Waals surface area contributed by atoms with Gasteiger partial charge in [0.25, 0.3) is 0 Å². The van der Waals surface area contributed by atoms with E-state index in [1.54, 1.807) is 0 Å². The third-order valence-electron chi connectivity index (χ3n) is 2.86. The predicted molar refractivity (Wildman–Crippen MR) is 65.5 cm³/mol. The van der Waals surface area contributed by atoms with Crippen LogP contribution >= 0.6 is 11.6 Å². The van der Waals surface area contributed by atoms with Gasteiger partial charge in [-0.1, -0.05) is 11.6 Å². The first-order valence-electron chi connectivity index (χ1n) is 5.46. The van der Waals surface area contributed by atoms with Gasteiger partial charge in [-0.05, 0) is 25.3 Å². The summed E-state index contributed by atoms with van der Waals surface area (Å²) in [4.78, 5) is 11.9. The van der Waals surface area contributed by atoms with Crippen molar-refractivity contribution in [1.29, 1.82) is 0 Å². The molecule has 0 amide bonds. The number of anilines is 1. The van der Waals surface area contributed by atoms with Crippen LogP contribution in [0.2, 0.25) is 5.02 Å². The van der Waals surface area contributed by atoms with Crippen LogP contribution in [0.4, 0.5) is 5.69 Å². The van der Waals surface area contributed by atoms with Gasteiger partial charge in [-0.25, -0.2) is 4.79 Å². The van der Waals surface area contributed by atoms with Crippen LogP contribution in [0.25, 0.3) is 0 Å². The second-order valence-electron chi connectivity index (χ2n) is 4.03. The lowest BCUT2D eigenvalue weighted by Gasteiger charge is -2.25. The van der Waals surface area contributed by atoms with Crippen molar-refractivity contribution < 1.29 is 14.3 Å². The Kier molecular flexibility index (Phi) is 3.43. The van der Waals surface area contributed by atoms with Crippen molar-refractivity contribution in [2.45, 2.75) is 25.4 Å². The number of nitrogens with two attached hydrogens (primary N) is 1. The number of ether oxygens (including phenoxy) is 2. The fourth-order valence-electron chi connectivity index (χ4n) is 1.60. The number of hydrogen-bond donors (Lipinski definition) is 1. The van der Waals surface area contributed by atoms with E-state index in [1.165, 1.54) is 19.2 Å². The van der Waals surface area contributed by atoms with Crippen molar-refractivity contribution in [2.24, 2.45) is 0 Å². The molecular formula is C12H14ClNO3. The van der Waals surface area contributed by atoms with E-state index in [1.807, 2.05) is 0 Å². The van der Waals surface area contributed by atoms with Crippen LogP contribution in [-0.4, -0.2) is 19.2 Å². The predicted octanol–water partition coefficient (Wildman–Crippen LogP) is 2.64. The van der Waals surface area contributed by atoms with Gasteiger partial charge in [0.2, 0.25) is 0 Å². The zero-order chi connectivity index (χ0) is 12.4. The summed E-state index contributed by atoms with van der Waals surface area (Å²) in [6, 6.07) is 3.01. The van der Waals surface area contributed by atoms with E-state index in [-0.39, 0.29) is 6.10 Å². The third kappa shape index (κ3) is 2.47. The van der Waals surface area contributed by atoms with Crippen molar-refractivity contribution in [2.75, 3.05) is 12.8 Å². The fourth-order valence-corrected chi connectivity index (χ4v) is 1.76. The second kappa shape index (κ2) is 4.84. The van der Waals surface area contributed by atoms with E-state index in [0.29, 0.717) is 22.0 Å². The van der Waals surface area contributed by atoms with Crippen LogP contribution < -0.4 is 10.5 Å². The van der Waals surface area contributed by atoms with Crippen LogP contribution in [0.5, 0.6) is 5.75 Å². The van der Waals surface area contributed by atoms with E-state index < -0.39 is 5.97 Å². The van der Waals surface area contributed by atoms with Crippen LogP contribution in [0.1, 0.15) is 29.6 Å². The highest BCUT2D eigenvalue weighted by atomic mass is 35.5. The molecule has 17 heavy (non-hydrogen) atoms. The molecule has 1 saturated carbocycles. The molecule has 1 fully saturated rings. The Morgan fingerprint density at radius 2 is 2.18 bits per heavy atom. The van der Waals surface area contributed by atoms with E-state index in [9.17, 15) is 4.79 Å². The zero-order valence-electron chi connectivity index (χ0n) is 9.53. The molecule has 0 spiro atoms. The number of benzene rings is 1. The van der Waals surface area contributed by atoms with E-state index >= 15 is 0 Å². The maximum atomic E-state index is 11.9. The molecule has 1 aromatic carbocycles. The Hall–Kier alpha value is -1.42. The molecule has 2 rings (SSSR count). The van der Waals surface area contributed by atoms with Crippen LogP contribution in [0.3, 0.4) is 0 Å². The first-order valence-corrected chi connectivity index (χ1v) is 5.83. The number of esters is 1. The Morgan fingerprint density at radius 1 is 1.47 bits per heavy atom. The quantitative estimate of drug-likeness (QED) is 0.666. The minimum Gasteiger partial charge on any atom is -0.496 e. The summed E-state index contributed by atoms with van der Waals surface area (Å²) >= 11 is 5.88. The van der Waals surface area contributed by atoms with E-state index in [0.717, 1.165) is 19.3 Å². The standard InChI is InChI=1S/C12H14ClNO3/c1-16-11-6-10(14)9(13)5-8(11)12(15)17-7-3-2-4-7/h5-7H,2-4,14H2,1H3. The molecule has 2 N–H and O–H groups in total. The average molecular weight is 256 g/mol. The van der Waals surface area contributed by atoms with Crippen molar-refractivity contribution >= 4 is 23.3 Å². The molecule has 92 valence electrons. The highest BCUT2D eigenvalue weighted by Gasteiger charge is 2.24. The number of carbonyl (C=O) groups excluding carboxylic acids is 1. The molecule has 4 nitrogen and oxygen atoms in total. The van der Waals surface area contributed by atoms with Crippen molar-refractivity contribution in [3.63, 3.8) is 0 Å². The Bertz CT molecular complexity index is 444. The number of rotatable bonds is 3. The lowest BCUT2D eigenvalue weighted by molar-refractivity contribution is 0.00872. The second-order valence-corrected chi connectivity index (χ2v) is 4.44. The Labute approximate surface area is 105 Å². The molecule has 1 aliphatic rings. The number of hydrogen-bond acceptors (Lipinski definition) is 4. The minimum atomic E-state index is -0.409. The maximum absolute atomic E-state index is 11.9. The van der Waals surface area contributed by atoms with Crippen LogP contribution in [0.15, 0.2) is 12.1 Å². The van der Waals surface area contributed by atoms with Crippen molar-refractivity contribution in [1.82, 2.24) is 0 Å². The summed E-state index contributed by atoms with van der Waals surface area (Å²) in [6.45, 7) is 0. The zero-order valence-corrected chi connectivity index (χ0v) is 10.3. The van der Waals surface area contributed by atoms with Crippen LogP contribution in [0, 0.1) is 0 Å². The van der Waals surface area contributed by atoms with E-state index in [4.69, 9.17) is 26.8 Å². The summed E-state index contributed by atoms with van der Waals surface area (Å²) in [7, 11) is 1.48. The summed E-state index contributed by atoms with van der Waals surface area (Å²) < 4.78 is 10.4. The first-order chi connectivity index (χ1) is 8.11. The van der Waals surface area contributed by atoms with Gasteiger partial charge in [0, 0.05) is 6.07 Å². The largest absolute Gasteiger partial charge is 0.496 e. The molecule has 0 saturated heterocycles. The highest BCUT2D eigenvalue weighted by Crippen LogP contribution is 2.31. The Balaban J connectivity index is 2.23. The molecular weight excluding hydrogens is 242 g/mol. The molecule has 0 radical (unpaired) electrons. The number of nitrogen functional groups attached to an aromatic ring is 1.